The Labute approximate surface area is 72.6 Å². The quantitative estimate of drug-likeness (QED) is 0.269. The molecule has 0 aliphatic rings. The molecular weight excluding hydrogens is 195 g/mol. The third-order valence-corrected chi connectivity index (χ3v) is 0.520. The van der Waals surface area contributed by atoms with Gasteiger partial charge in [-0.05, 0) is 0 Å². The molecule has 0 rings (SSSR count). The van der Waals surface area contributed by atoms with E-state index in [0.29, 0.717) is 0 Å². The standard InChI is InChI=1S/AsH3O5.Ca/c2-1(3,4)6-5;/h5H,(H2,2,3,4);/q;+2/p-2. The second-order valence-electron chi connectivity index (χ2n) is 0.529. The fourth-order valence-electron chi connectivity index (χ4n) is 0. The molecule has 0 heterocycles. The van der Waals surface area contributed by atoms with Crippen LogP contribution in [0.3, 0.4) is 0 Å². The first-order chi connectivity index (χ1) is 2.56. The van der Waals surface area contributed by atoms with E-state index in [1.807, 2.05) is 0 Å². The molecule has 0 aromatic heterocycles. The predicted molar refractivity (Wildman–Crippen MR) is 15.9 cm³/mol. The maximum atomic E-state index is 9.06. The molecule has 0 aromatic carbocycles. The monoisotopic (exact) mass is 196 g/mol. The van der Waals surface area contributed by atoms with Gasteiger partial charge in [-0.1, -0.05) is 0 Å². The summed E-state index contributed by atoms with van der Waals surface area (Å²) in [4.78, 5) is 0. The molecule has 0 amide bonds. The van der Waals surface area contributed by atoms with Crippen molar-refractivity contribution in [3.63, 3.8) is 0 Å². The third-order valence-electron chi connectivity index (χ3n) is 0.100. The van der Waals surface area contributed by atoms with Crippen molar-refractivity contribution in [3.05, 3.63) is 0 Å². The van der Waals surface area contributed by atoms with E-state index in [0.717, 1.165) is 0 Å². The average Bonchev–Trinajstić information content (AvgIpc) is 1.35. The van der Waals surface area contributed by atoms with E-state index in [1.165, 1.54) is 0 Å². The first-order valence-corrected chi connectivity index (χ1v) is 3.98. The summed E-state index contributed by atoms with van der Waals surface area (Å²) in [5.41, 5.74) is 0. The van der Waals surface area contributed by atoms with Crippen LogP contribution in [-0.2, 0) is 7.62 Å². The Kier molecular flexibility index (Phi) is 7.01. The summed E-state index contributed by atoms with van der Waals surface area (Å²) in [6, 6.07) is 0. The van der Waals surface area contributed by atoms with Gasteiger partial charge in [0.25, 0.3) is 0 Å². The van der Waals surface area contributed by atoms with Gasteiger partial charge < -0.3 is 0 Å². The molecule has 0 fully saturated rings. The van der Waals surface area contributed by atoms with Crippen LogP contribution in [0.5, 0.6) is 0 Å². The van der Waals surface area contributed by atoms with Crippen molar-refractivity contribution in [2.75, 3.05) is 0 Å². The van der Waals surface area contributed by atoms with Gasteiger partial charge in [-0.15, -0.1) is 0 Å². The Bertz CT molecular complexity index is 72.1. The van der Waals surface area contributed by atoms with Crippen molar-refractivity contribution in [2.24, 2.45) is 0 Å². The zero-order valence-electron chi connectivity index (χ0n) is 3.23. The molecule has 0 saturated carbocycles. The van der Waals surface area contributed by atoms with Gasteiger partial charge in [-0.2, -0.15) is 0 Å². The van der Waals surface area contributed by atoms with E-state index in [2.05, 4.69) is 3.88 Å². The maximum Gasteiger partial charge on any atom is 2.00 e. The van der Waals surface area contributed by atoms with Crippen LogP contribution < -0.4 is 8.19 Å². The fourth-order valence-corrected chi connectivity index (χ4v) is 0. The van der Waals surface area contributed by atoms with Crippen LogP contribution >= 0.6 is 0 Å². The van der Waals surface area contributed by atoms with Crippen LogP contribution in [0.4, 0.5) is 0 Å². The van der Waals surface area contributed by atoms with Crippen LogP contribution in [0.25, 0.3) is 0 Å². The average molecular weight is 196 g/mol. The molecule has 1 N–H and O–H groups in total. The van der Waals surface area contributed by atoms with E-state index in [4.69, 9.17) is 17.2 Å². The van der Waals surface area contributed by atoms with Crippen molar-refractivity contribution in [3.8, 4) is 0 Å². The van der Waals surface area contributed by atoms with Gasteiger partial charge in [-0.25, -0.2) is 0 Å². The van der Waals surface area contributed by atoms with E-state index < -0.39 is 14.5 Å². The van der Waals surface area contributed by atoms with Crippen molar-refractivity contribution in [1.82, 2.24) is 0 Å². The molecule has 0 bridgehead atoms. The fraction of sp³-hybridized carbons (Fsp3) is 0. The smallest absolute Gasteiger partial charge is 2.00 e. The second kappa shape index (κ2) is 4.35. The largest absolute Gasteiger partial charge is 2.00 e. The zero-order valence-corrected chi connectivity index (χ0v) is 7.32. The van der Waals surface area contributed by atoms with Crippen LogP contribution in [0, 0.1) is 0 Å². The summed E-state index contributed by atoms with van der Waals surface area (Å²) in [6.07, 6.45) is 0. The zero-order chi connectivity index (χ0) is 5.21. The van der Waals surface area contributed by atoms with Crippen molar-refractivity contribution in [1.29, 1.82) is 0 Å². The van der Waals surface area contributed by atoms with Gasteiger partial charge in [0, 0.05) is 0 Å². The summed E-state index contributed by atoms with van der Waals surface area (Å²) < 4.78 is 29.6. The van der Waals surface area contributed by atoms with Crippen molar-refractivity contribution >= 4 is 52.3 Å². The number of hydrogen-bond acceptors (Lipinski definition) is 5. The molecule has 5 nitrogen and oxygen atoms in total. The van der Waals surface area contributed by atoms with E-state index in [1.54, 1.807) is 0 Å². The molecule has 38 valence electrons. The van der Waals surface area contributed by atoms with Gasteiger partial charge in [0.05, 0.1) is 0 Å². The molecule has 0 atom stereocenters. The predicted octanol–water partition coefficient (Wildman–Crippen LogP) is -3.32. The molecule has 0 spiro atoms. The van der Waals surface area contributed by atoms with Crippen LogP contribution in [-0.4, -0.2) is 57.5 Å². The molecule has 0 saturated heterocycles. The Morgan fingerprint density at radius 1 is 1.57 bits per heavy atom. The normalized spacial score (nSPS) is 10.1. The van der Waals surface area contributed by atoms with Crippen LogP contribution in [0.2, 0.25) is 0 Å². The summed E-state index contributed by atoms with van der Waals surface area (Å²) >= 11 is -5.60. The van der Waals surface area contributed by atoms with Gasteiger partial charge in [-0.3, -0.25) is 0 Å². The third kappa shape index (κ3) is 11.2. The minimum Gasteiger partial charge on any atom is 2.00 e. The minimum atomic E-state index is -5.60. The van der Waals surface area contributed by atoms with E-state index in [9.17, 15) is 0 Å². The Morgan fingerprint density at radius 2 is 1.71 bits per heavy atom. The molecule has 0 radical (unpaired) electrons. The van der Waals surface area contributed by atoms with Gasteiger partial charge in [0.2, 0.25) is 0 Å². The first kappa shape index (κ1) is 11.3. The number of rotatable bonds is 1. The summed E-state index contributed by atoms with van der Waals surface area (Å²) in [5.74, 6) is 0. The van der Waals surface area contributed by atoms with E-state index >= 15 is 0 Å². The van der Waals surface area contributed by atoms with Gasteiger partial charge in [0.1, 0.15) is 0 Å². The topological polar surface area (TPSA) is 92.7 Å². The Morgan fingerprint density at radius 3 is 1.71 bits per heavy atom. The first-order valence-electron chi connectivity index (χ1n) is 0.913. The second-order valence-corrected chi connectivity index (χ2v) is 2.75. The maximum absolute atomic E-state index is 9.06. The SMILES string of the molecule is O=[As]([O-])([O-])OO.[Ca+2]. The molecule has 0 unspecified atom stereocenters. The molecule has 0 aliphatic heterocycles. The van der Waals surface area contributed by atoms with Gasteiger partial charge >= 0.3 is 73.3 Å². The van der Waals surface area contributed by atoms with E-state index in [-0.39, 0.29) is 37.7 Å². The molecule has 0 aromatic rings. The number of hydrogen-bond donors (Lipinski definition) is 1. The molecule has 0 aliphatic carbocycles. The van der Waals surface area contributed by atoms with Crippen molar-refractivity contribution in [2.45, 2.75) is 0 Å². The van der Waals surface area contributed by atoms with Gasteiger partial charge in [0.15, 0.2) is 0 Å². The Hall–Kier alpha value is 1.46. The van der Waals surface area contributed by atoms with Crippen LogP contribution in [0.15, 0.2) is 0 Å². The molecule has 7 heteroatoms. The summed E-state index contributed by atoms with van der Waals surface area (Å²) in [5, 5.41) is 7.04. The van der Waals surface area contributed by atoms with Crippen molar-refractivity contribution < 1.29 is 21.1 Å². The summed E-state index contributed by atoms with van der Waals surface area (Å²) in [6.45, 7) is 0. The van der Waals surface area contributed by atoms with Crippen LogP contribution in [0.1, 0.15) is 0 Å². The summed E-state index contributed by atoms with van der Waals surface area (Å²) in [7, 11) is 0. The molecular formula is HAsCaO5. The Balaban J connectivity index is 0. The minimum absolute atomic E-state index is 0. The molecule has 7 heavy (non-hydrogen) atoms.